The van der Waals surface area contributed by atoms with E-state index < -0.39 is 0 Å². The predicted molar refractivity (Wildman–Crippen MR) is 66.8 cm³/mol. The molecule has 1 N–H and O–H groups in total. The Morgan fingerprint density at radius 1 is 1.56 bits per heavy atom. The predicted octanol–water partition coefficient (Wildman–Crippen LogP) is 3.00. The van der Waals surface area contributed by atoms with Gasteiger partial charge in [-0.15, -0.1) is 0 Å². The van der Waals surface area contributed by atoms with Crippen LogP contribution >= 0.6 is 11.8 Å². The first-order valence-electron chi connectivity index (χ1n) is 6.10. The van der Waals surface area contributed by atoms with E-state index >= 15 is 0 Å². The number of oxazole rings is 1. The minimum atomic E-state index is 0.674. The summed E-state index contributed by atoms with van der Waals surface area (Å²) in [4.78, 5) is 4.34. The van der Waals surface area contributed by atoms with Crippen molar-refractivity contribution in [2.75, 3.05) is 6.54 Å². The maximum Gasteiger partial charge on any atom is 0.256 e. The Labute approximate surface area is 101 Å². The molecule has 2 unspecified atom stereocenters. The minimum Gasteiger partial charge on any atom is -0.440 e. The molecule has 0 aromatic carbocycles. The van der Waals surface area contributed by atoms with Crippen molar-refractivity contribution in [3.63, 3.8) is 0 Å². The molecule has 1 saturated carbocycles. The van der Waals surface area contributed by atoms with Crippen molar-refractivity contribution in [2.45, 2.75) is 56.0 Å². The fourth-order valence-corrected chi connectivity index (χ4v) is 3.28. The highest BCUT2D eigenvalue weighted by molar-refractivity contribution is 7.99. The molecule has 0 radical (unpaired) electrons. The summed E-state index contributed by atoms with van der Waals surface area (Å²) in [7, 11) is 0. The van der Waals surface area contributed by atoms with Crippen LogP contribution in [0.4, 0.5) is 0 Å². The van der Waals surface area contributed by atoms with E-state index in [4.69, 9.17) is 4.42 Å². The van der Waals surface area contributed by atoms with Gasteiger partial charge in [0, 0.05) is 11.3 Å². The quantitative estimate of drug-likeness (QED) is 0.858. The second-order valence-electron chi connectivity index (χ2n) is 4.46. The summed E-state index contributed by atoms with van der Waals surface area (Å²) in [6.07, 6.45) is 6.74. The maximum atomic E-state index is 5.37. The molecule has 2 rings (SSSR count). The van der Waals surface area contributed by atoms with E-state index in [1.807, 2.05) is 6.92 Å². The Kier molecular flexibility index (Phi) is 4.29. The van der Waals surface area contributed by atoms with Crippen LogP contribution in [-0.4, -0.2) is 22.8 Å². The highest BCUT2D eigenvalue weighted by Crippen LogP contribution is 2.34. The molecule has 1 fully saturated rings. The zero-order chi connectivity index (χ0) is 11.4. The maximum absolute atomic E-state index is 5.37. The highest BCUT2D eigenvalue weighted by Gasteiger charge is 2.26. The summed E-state index contributed by atoms with van der Waals surface area (Å²) in [6, 6.07) is 0.702. The molecule has 2 atom stereocenters. The van der Waals surface area contributed by atoms with Crippen LogP contribution in [0.1, 0.15) is 38.3 Å². The summed E-state index contributed by atoms with van der Waals surface area (Å²) >= 11 is 1.79. The zero-order valence-corrected chi connectivity index (χ0v) is 10.8. The smallest absolute Gasteiger partial charge is 0.256 e. The van der Waals surface area contributed by atoms with Crippen LogP contribution < -0.4 is 5.32 Å². The van der Waals surface area contributed by atoms with Crippen LogP contribution in [0.25, 0.3) is 0 Å². The molecule has 90 valence electrons. The van der Waals surface area contributed by atoms with E-state index in [0.717, 1.165) is 17.5 Å². The van der Waals surface area contributed by atoms with Gasteiger partial charge in [0.05, 0.1) is 5.69 Å². The number of aryl methyl sites for hydroxylation is 1. The van der Waals surface area contributed by atoms with Crippen molar-refractivity contribution >= 4 is 11.8 Å². The Morgan fingerprint density at radius 3 is 3.12 bits per heavy atom. The molecule has 16 heavy (non-hydrogen) atoms. The molecule has 4 heteroatoms. The molecule has 0 bridgehead atoms. The fraction of sp³-hybridized carbons (Fsp3) is 0.750. The Hall–Kier alpha value is -0.480. The van der Waals surface area contributed by atoms with Crippen LogP contribution in [0.2, 0.25) is 0 Å². The van der Waals surface area contributed by atoms with Gasteiger partial charge in [-0.1, -0.05) is 18.7 Å². The van der Waals surface area contributed by atoms with Crippen LogP contribution in [-0.2, 0) is 0 Å². The number of rotatable bonds is 5. The lowest BCUT2D eigenvalue weighted by Crippen LogP contribution is -2.27. The average Bonchev–Trinajstić information content (AvgIpc) is 2.86. The van der Waals surface area contributed by atoms with Gasteiger partial charge < -0.3 is 9.73 Å². The van der Waals surface area contributed by atoms with E-state index in [1.165, 1.54) is 25.7 Å². The fourth-order valence-electron chi connectivity index (χ4n) is 2.11. The van der Waals surface area contributed by atoms with Gasteiger partial charge in [0.2, 0.25) is 0 Å². The Balaban J connectivity index is 1.76. The number of aromatic nitrogens is 1. The first-order valence-corrected chi connectivity index (χ1v) is 6.98. The standard InChI is InChI=1S/C12H20N2OS/c1-3-6-13-10-4-5-11(7-10)16-12-14-9(2)8-15-12/h8,10-11,13H,3-7H2,1-2H3. The topological polar surface area (TPSA) is 38.1 Å². The van der Waals surface area contributed by atoms with Crippen molar-refractivity contribution in [3.05, 3.63) is 12.0 Å². The van der Waals surface area contributed by atoms with Crippen LogP contribution in [0.5, 0.6) is 0 Å². The molecule has 1 aromatic heterocycles. The third-order valence-electron chi connectivity index (χ3n) is 2.93. The van der Waals surface area contributed by atoms with Gasteiger partial charge in [0.15, 0.2) is 0 Å². The van der Waals surface area contributed by atoms with Crippen molar-refractivity contribution in [2.24, 2.45) is 0 Å². The van der Waals surface area contributed by atoms with E-state index in [0.29, 0.717) is 11.3 Å². The molecular formula is C12H20N2OS. The molecular weight excluding hydrogens is 220 g/mol. The average molecular weight is 240 g/mol. The molecule has 0 saturated heterocycles. The van der Waals surface area contributed by atoms with Gasteiger partial charge in [-0.05, 0) is 39.2 Å². The van der Waals surface area contributed by atoms with E-state index in [2.05, 4.69) is 17.2 Å². The second kappa shape index (κ2) is 5.73. The number of nitrogens with one attached hydrogen (secondary N) is 1. The van der Waals surface area contributed by atoms with Crippen molar-refractivity contribution in [1.82, 2.24) is 10.3 Å². The molecule has 1 heterocycles. The summed E-state index contributed by atoms with van der Waals surface area (Å²) in [6.45, 7) is 5.32. The van der Waals surface area contributed by atoms with Gasteiger partial charge in [0.1, 0.15) is 6.26 Å². The first kappa shape index (κ1) is 12.0. The molecule has 3 nitrogen and oxygen atoms in total. The largest absolute Gasteiger partial charge is 0.440 e. The Bertz CT molecular complexity index is 327. The van der Waals surface area contributed by atoms with Gasteiger partial charge in [0.25, 0.3) is 5.22 Å². The lowest BCUT2D eigenvalue weighted by molar-refractivity contribution is 0.452. The SMILES string of the molecule is CCCNC1CCC(Sc2nc(C)co2)C1. The number of hydrogen-bond donors (Lipinski definition) is 1. The molecule has 1 aromatic rings. The number of nitrogens with zero attached hydrogens (tertiary/aromatic N) is 1. The Morgan fingerprint density at radius 2 is 2.44 bits per heavy atom. The highest BCUT2D eigenvalue weighted by atomic mass is 32.2. The van der Waals surface area contributed by atoms with Gasteiger partial charge >= 0.3 is 0 Å². The van der Waals surface area contributed by atoms with Crippen LogP contribution in [0.15, 0.2) is 15.9 Å². The van der Waals surface area contributed by atoms with Crippen molar-refractivity contribution in [3.8, 4) is 0 Å². The summed E-state index contributed by atoms with van der Waals surface area (Å²) in [5.74, 6) is 0. The third-order valence-corrected chi connectivity index (χ3v) is 4.08. The van der Waals surface area contributed by atoms with E-state index in [1.54, 1.807) is 18.0 Å². The zero-order valence-electron chi connectivity index (χ0n) is 10.0. The number of hydrogen-bond acceptors (Lipinski definition) is 4. The first-order chi connectivity index (χ1) is 7.78. The van der Waals surface area contributed by atoms with E-state index in [-0.39, 0.29) is 0 Å². The van der Waals surface area contributed by atoms with Crippen molar-refractivity contribution < 1.29 is 4.42 Å². The summed E-state index contributed by atoms with van der Waals surface area (Å²) in [5.41, 5.74) is 0.973. The molecule has 1 aliphatic carbocycles. The molecule has 0 amide bonds. The number of thioether (sulfide) groups is 1. The third kappa shape index (κ3) is 3.25. The monoisotopic (exact) mass is 240 g/mol. The normalized spacial score (nSPS) is 25.1. The minimum absolute atomic E-state index is 0.674. The molecule has 0 aliphatic heterocycles. The van der Waals surface area contributed by atoms with Gasteiger partial charge in [-0.3, -0.25) is 0 Å². The van der Waals surface area contributed by atoms with Crippen molar-refractivity contribution in [1.29, 1.82) is 0 Å². The van der Waals surface area contributed by atoms with Crippen LogP contribution in [0, 0.1) is 6.92 Å². The van der Waals surface area contributed by atoms with E-state index in [9.17, 15) is 0 Å². The molecule has 0 spiro atoms. The molecule has 1 aliphatic rings. The lowest BCUT2D eigenvalue weighted by Gasteiger charge is -2.11. The van der Waals surface area contributed by atoms with Gasteiger partial charge in [-0.25, -0.2) is 4.98 Å². The summed E-state index contributed by atoms with van der Waals surface area (Å²) < 4.78 is 5.37. The second-order valence-corrected chi connectivity index (χ2v) is 5.71. The van der Waals surface area contributed by atoms with Gasteiger partial charge in [-0.2, -0.15) is 0 Å². The van der Waals surface area contributed by atoms with Crippen LogP contribution in [0.3, 0.4) is 0 Å². The summed E-state index contributed by atoms with van der Waals surface area (Å²) in [5, 5.41) is 5.09. The lowest BCUT2D eigenvalue weighted by atomic mass is 10.2.